The number of carbonyl (C=O) groups is 2. The maximum Gasteiger partial charge on any atom is 0.338 e. The number of ether oxygens (including phenoxy) is 1. The number of hydrogen-bond donors (Lipinski definition) is 1. The van der Waals surface area contributed by atoms with Crippen LogP contribution < -0.4 is 5.32 Å². The molecular weight excluding hydrogens is 326 g/mol. The molecule has 1 amide bonds. The van der Waals surface area contributed by atoms with Crippen LogP contribution >= 0.6 is 0 Å². The Labute approximate surface area is 142 Å². The normalized spacial score (nSPS) is 9.72. The van der Waals surface area contributed by atoms with E-state index >= 15 is 0 Å². The number of nitrogens with one attached hydrogen (secondary N) is 1. The Morgan fingerprint density at radius 3 is 2.48 bits per heavy atom. The van der Waals surface area contributed by atoms with Gasteiger partial charge in [-0.25, -0.2) is 4.79 Å². The Morgan fingerprint density at radius 2 is 1.84 bits per heavy atom. The van der Waals surface area contributed by atoms with E-state index in [4.69, 9.17) is 10.00 Å². The van der Waals surface area contributed by atoms with Crippen molar-refractivity contribution in [2.24, 2.45) is 0 Å². The highest BCUT2D eigenvalue weighted by atomic mass is 16.6. The van der Waals surface area contributed by atoms with Crippen LogP contribution in [0.4, 0.5) is 11.4 Å². The average molecular weight is 339 g/mol. The second-order valence-electron chi connectivity index (χ2n) is 4.92. The summed E-state index contributed by atoms with van der Waals surface area (Å²) in [6.07, 6.45) is -0.264. The largest absolute Gasteiger partial charge is 0.457 e. The van der Waals surface area contributed by atoms with Crippen molar-refractivity contribution >= 4 is 23.3 Å². The first-order chi connectivity index (χ1) is 12.0. The van der Waals surface area contributed by atoms with Crippen molar-refractivity contribution in [2.45, 2.75) is 13.0 Å². The van der Waals surface area contributed by atoms with E-state index in [-0.39, 0.29) is 24.3 Å². The Balaban J connectivity index is 1.99. The molecule has 1 N–H and O–H groups in total. The Kier molecular flexibility index (Phi) is 5.79. The van der Waals surface area contributed by atoms with E-state index in [9.17, 15) is 19.7 Å². The van der Waals surface area contributed by atoms with E-state index in [0.717, 1.165) is 0 Å². The number of nitro benzene ring substituents is 1. The maximum atomic E-state index is 12.0. The molecule has 0 fully saturated rings. The van der Waals surface area contributed by atoms with Crippen molar-refractivity contribution in [3.05, 3.63) is 69.8 Å². The Hall–Kier alpha value is -3.73. The molecule has 0 aromatic heterocycles. The first kappa shape index (κ1) is 17.6. The average Bonchev–Trinajstić information content (AvgIpc) is 2.60. The molecule has 25 heavy (non-hydrogen) atoms. The zero-order valence-corrected chi connectivity index (χ0v) is 13.0. The predicted molar refractivity (Wildman–Crippen MR) is 87.5 cm³/mol. The van der Waals surface area contributed by atoms with Crippen molar-refractivity contribution in [3.63, 3.8) is 0 Å². The molecular formula is C17H13N3O5. The monoisotopic (exact) mass is 339 g/mol. The van der Waals surface area contributed by atoms with Crippen LogP contribution in [0.5, 0.6) is 0 Å². The van der Waals surface area contributed by atoms with Gasteiger partial charge in [-0.3, -0.25) is 14.9 Å². The quantitative estimate of drug-likeness (QED) is 0.490. The summed E-state index contributed by atoms with van der Waals surface area (Å²) in [7, 11) is 0. The number of benzene rings is 2. The first-order valence-electron chi connectivity index (χ1n) is 7.17. The number of anilines is 1. The smallest absolute Gasteiger partial charge is 0.338 e. The topological polar surface area (TPSA) is 122 Å². The number of carbonyl (C=O) groups excluding carboxylic acids is 2. The molecule has 0 bridgehead atoms. The highest BCUT2D eigenvalue weighted by Gasteiger charge is 2.15. The molecule has 0 atom stereocenters. The van der Waals surface area contributed by atoms with Gasteiger partial charge in [-0.1, -0.05) is 12.1 Å². The third-order valence-electron chi connectivity index (χ3n) is 3.19. The number of esters is 1. The van der Waals surface area contributed by atoms with E-state index in [0.29, 0.717) is 11.3 Å². The molecule has 0 aliphatic rings. The fourth-order valence-corrected chi connectivity index (χ4v) is 2.00. The third kappa shape index (κ3) is 4.87. The minimum atomic E-state index is -0.645. The molecule has 2 rings (SSSR count). The number of nitro groups is 1. The van der Waals surface area contributed by atoms with E-state index < -0.39 is 16.8 Å². The van der Waals surface area contributed by atoms with Crippen molar-refractivity contribution in [2.75, 3.05) is 5.32 Å². The van der Waals surface area contributed by atoms with Crippen LogP contribution in [-0.4, -0.2) is 16.8 Å². The number of para-hydroxylation sites is 1. The number of amides is 1. The summed E-state index contributed by atoms with van der Waals surface area (Å²) in [4.78, 5) is 33.7. The standard InChI is InChI=1S/C17H13N3O5/c18-10-9-16(21)19-14-7-5-12(6-8-14)17(22)25-11-13-3-1-2-4-15(13)20(23)24/h1-8H,9,11H2,(H,19,21). The Bertz CT molecular complexity index is 840. The van der Waals surface area contributed by atoms with Crippen LogP contribution in [0.3, 0.4) is 0 Å². The van der Waals surface area contributed by atoms with Crippen molar-refractivity contribution in [3.8, 4) is 6.07 Å². The molecule has 0 radical (unpaired) electrons. The SMILES string of the molecule is N#CCC(=O)Nc1ccc(C(=O)OCc2ccccc2[N+](=O)[O-])cc1. The summed E-state index contributed by atoms with van der Waals surface area (Å²) in [5, 5.41) is 21.8. The van der Waals surface area contributed by atoms with Gasteiger partial charge in [0.05, 0.1) is 22.1 Å². The maximum absolute atomic E-state index is 12.0. The summed E-state index contributed by atoms with van der Waals surface area (Å²) in [6, 6.07) is 13.6. The lowest BCUT2D eigenvalue weighted by Gasteiger charge is -2.07. The molecule has 0 aliphatic carbocycles. The summed E-state index contributed by atoms with van der Waals surface area (Å²) in [6.45, 7) is -0.226. The molecule has 0 heterocycles. The Morgan fingerprint density at radius 1 is 1.16 bits per heavy atom. The molecule has 2 aromatic rings. The van der Waals surface area contributed by atoms with Gasteiger partial charge in [-0.15, -0.1) is 0 Å². The van der Waals surface area contributed by atoms with Crippen LogP contribution in [0.1, 0.15) is 22.3 Å². The van der Waals surface area contributed by atoms with Crippen molar-refractivity contribution < 1.29 is 19.2 Å². The van der Waals surface area contributed by atoms with Gasteiger partial charge in [0.2, 0.25) is 5.91 Å². The van der Waals surface area contributed by atoms with Gasteiger partial charge in [0.25, 0.3) is 5.69 Å². The number of nitriles is 1. The van der Waals surface area contributed by atoms with Crippen LogP contribution in [-0.2, 0) is 16.1 Å². The van der Waals surface area contributed by atoms with Crippen LogP contribution in [0.2, 0.25) is 0 Å². The minimum Gasteiger partial charge on any atom is -0.457 e. The first-order valence-corrected chi connectivity index (χ1v) is 7.17. The van der Waals surface area contributed by atoms with Gasteiger partial charge >= 0.3 is 5.97 Å². The summed E-state index contributed by atoms with van der Waals surface area (Å²) in [5.41, 5.74) is 0.847. The lowest BCUT2D eigenvalue weighted by atomic mass is 10.2. The molecule has 126 valence electrons. The lowest BCUT2D eigenvalue weighted by molar-refractivity contribution is -0.385. The van der Waals surface area contributed by atoms with Gasteiger partial charge in [-0.05, 0) is 30.3 Å². The number of nitrogens with zero attached hydrogens (tertiary/aromatic N) is 2. The van der Waals surface area contributed by atoms with Gasteiger partial charge < -0.3 is 10.1 Å². The van der Waals surface area contributed by atoms with Crippen LogP contribution in [0.15, 0.2) is 48.5 Å². The fraction of sp³-hybridized carbons (Fsp3) is 0.118. The van der Waals surface area contributed by atoms with E-state index in [1.165, 1.54) is 42.5 Å². The van der Waals surface area contributed by atoms with Crippen molar-refractivity contribution in [1.29, 1.82) is 5.26 Å². The third-order valence-corrected chi connectivity index (χ3v) is 3.19. The highest BCUT2D eigenvalue weighted by molar-refractivity contribution is 5.93. The molecule has 0 spiro atoms. The molecule has 0 saturated carbocycles. The van der Waals surface area contributed by atoms with Crippen LogP contribution in [0.25, 0.3) is 0 Å². The van der Waals surface area contributed by atoms with E-state index in [1.54, 1.807) is 12.1 Å². The van der Waals surface area contributed by atoms with Crippen molar-refractivity contribution in [1.82, 2.24) is 0 Å². The number of rotatable bonds is 6. The second kappa shape index (κ2) is 8.21. The fourth-order valence-electron chi connectivity index (χ4n) is 2.00. The van der Waals surface area contributed by atoms with Gasteiger partial charge in [0.15, 0.2) is 0 Å². The number of hydrogen-bond acceptors (Lipinski definition) is 6. The summed E-state index contributed by atoms with van der Waals surface area (Å²) >= 11 is 0. The summed E-state index contributed by atoms with van der Waals surface area (Å²) < 4.78 is 5.09. The van der Waals surface area contributed by atoms with Gasteiger partial charge in [0, 0.05) is 11.8 Å². The van der Waals surface area contributed by atoms with E-state index in [1.807, 2.05) is 0 Å². The zero-order valence-electron chi connectivity index (χ0n) is 13.0. The molecule has 8 nitrogen and oxygen atoms in total. The van der Waals surface area contributed by atoms with Gasteiger partial charge in [0.1, 0.15) is 13.0 Å². The summed E-state index contributed by atoms with van der Waals surface area (Å²) in [5.74, 6) is -1.10. The van der Waals surface area contributed by atoms with Crippen LogP contribution in [0, 0.1) is 21.4 Å². The molecule has 0 aliphatic heterocycles. The zero-order chi connectivity index (χ0) is 18.2. The lowest BCUT2D eigenvalue weighted by Crippen LogP contribution is -2.10. The molecule has 0 unspecified atom stereocenters. The van der Waals surface area contributed by atoms with Gasteiger partial charge in [-0.2, -0.15) is 5.26 Å². The van der Waals surface area contributed by atoms with E-state index in [2.05, 4.69) is 5.32 Å². The molecule has 8 heteroatoms. The second-order valence-corrected chi connectivity index (χ2v) is 4.92. The molecule has 2 aromatic carbocycles. The highest BCUT2D eigenvalue weighted by Crippen LogP contribution is 2.19. The minimum absolute atomic E-state index is 0.120. The molecule has 0 saturated heterocycles. The predicted octanol–water partition coefficient (Wildman–Crippen LogP) is 2.80.